The van der Waals surface area contributed by atoms with Gasteiger partial charge in [0.2, 0.25) is 0 Å². The van der Waals surface area contributed by atoms with Crippen molar-refractivity contribution in [1.82, 2.24) is 14.4 Å². The number of hydrogen-bond acceptors (Lipinski definition) is 7. The van der Waals surface area contributed by atoms with Crippen LogP contribution in [0.15, 0.2) is 55.0 Å². The van der Waals surface area contributed by atoms with Crippen molar-refractivity contribution in [2.24, 2.45) is 0 Å². The summed E-state index contributed by atoms with van der Waals surface area (Å²) < 4.78 is 11.7. The van der Waals surface area contributed by atoms with Crippen LogP contribution in [-0.2, 0) is 14.0 Å². The van der Waals surface area contributed by atoms with Crippen molar-refractivity contribution >= 4 is 32.2 Å². The molecule has 0 aliphatic carbocycles. The highest BCUT2D eigenvalue weighted by Gasteiger charge is 2.44. The summed E-state index contributed by atoms with van der Waals surface area (Å²) in [5.74, 6) is -0.429. The maximum Gasteiger partial charge on any atom is 0.356 e. The molecule has 36 heavy (non-hydrogen) atoms. The Kier molecular flexibility index (Phi) is 15.7. The van der Waals surface area contributed by atoms with E-state index in [2.05, 4.69) is 63.2 Å². The fourth-order valence-electron chi connectivity index (χ4n) is 4.16. The first kappa shape index (κ1) is 32.8. The van der Waals surface area contributed by atoms with Crippen LogP contribution in [0.5, 0.6) is 0 Å². The van der Waals surface area contributed by atoms with Gasteiger partial charge < -0.3 is 24.4 Å². The fraction of sp³-hybridized carbons (Fsp3) is 0.462. The first-order chi connectivity index (χ1) is 17.0. The number of carbonyl (C=O) groups is 2. The number of pyridine rings is 2. The normalized spacial score (nSPS) is 10.5. The molecule has 200 valence electrons. The van der Waals surface area contributed by atoms with Crippen molar-refractivity contribution < 1.29 is 23.9 Å². The molecule has 0 atom stereocenters. The van der Waals surface area contributed by atoms with E-state index in [4.69, 9.17) is 20.1 Å². The van der Waals surface area contributed by atoms with Gasteiger partial charge in [-0.1, -0.05) is 53.7 Å². The molecule has 0 radical (unpaired) electrons. The number of carboxylic acid groups (broad SMARTS) is 1. The van der Waals surface area contributed by atoms with Gasteiger partial charge in [0, 0.05) is 25.2 Å². The van der Waals surface area contributed by atoms with E-state index in [1.54, 1.807) is 28.9 Å². The summed E-state index contributed by atoms with van der Waals surface area (Å²) >= 11 is 0. The van der Waals surface area contributed by atoms with Crippen LogP contribution in [0, 0.1) is 0 Å². The topological polar surface area (TPSA) is 129 Å². The summed E-state index contributed by atoms with van der Waals surface area (Å²) in [6, 6.07) is 10.8. The van der Waals surface area contributed by atoms with E-state index in [0.717, 1.165) is 6.61 Å². The number of nitrogens with two attached hydrogens (primary N) is 1. The van der Waals surface area contributed by atoms with Crippen molar-refractivity contribution in [3.05, 3.63) is 60.7 Å². The summed E-state index contributed by atoms with van der Waals surface area (Å²) in [5.41, 5.74) is 8.11. The number of fused-ring (bicyclic) bond motifs is 1. The number of hydrogen-bond donors (Lipinski definition) is 2. The van der Waals surface area contributed by atoms with Gasteiger partial charge in [0.15, 0.2) is 14.0 Å². The minimum absolute atomic E-state index is 0.0706. The van der Waals surface area contributed by atoms with Gasteiger partial charge in [0.25, 0.3) is 6.47 Å². The van der Waals surface area contributed by atoms with Gasteiger partial charge in [-0.3, -0.25) is 4.79 Å². The lowest BCUT2D eigenvalue weighted by atomic mass is 10.5. The Labute approximate surface area is 215 Å². The van der Waals surface area contributed by atoms with Crippen molar-refractivity contribution in [3.8, 4) is 0 Å². The second kappa shape index (κ2) is 17.2. The predicted octanol–water partition coefficient (Wildman–Crippen LogP) is 5.68. The van der Waals surface area contributed by atoms with Gasteiger partial charge in [-0.2, -0.15) is 0 Å². The van der Waals surface area contributed by atoms with Crippen LogP contribution in [0.25, 0.3) is 5.65 Å². The lowest BCUT2D eigenvalue weighted by Crippen LogP contribution is -2.47. The monoisotopic (exact) mass is 518 g/mol. The van der Waals surface area contributed by atoms with Crippen molar-refractivity contribution in [2.75, 3.05) is 19.5 Å². The molecule has 0 saturated carbocycles. The average Bonchev–Trinajstić information content (AvgIpc) is 3.28. The van der Waals surface area contributed by atoms with Gasteiger partial charge in [0.1, 0.15) is 11.5 Å². The average molecular weight is 519 g/mol. The highest BCUT2D eigenvalue weighted by Crippen LogP contribution is 2.41. The van der Waals surface area contributed by atoms with Gasteiger partial charge >= 0.3 is 5.97 Å². The number of carboxylic acids is 1. The second-order valence-electron chi connectivity index (χ2n) is 8.73. The number of carbonyl (C=O) groups excluding carboxylic acids is 1. The summed E-state index contributed by atoms with van der Waals surface area (Å²) in [7, 11) is -0.215. The van der Waals surface area contributed by atoms with Crippen LogP contribution in [0.3, 0.4) is 0 Å². The number of imidazole rings is 1. The minimum atomic E-state index is -1.53. The van der Waals surface area contributed by atoms with Crippen LogP contribution in [0.2, 0.25) is 16.6 Å². The standard InChI is InChI=1S/C11H26OSi.C8H6N2O2.C5H6N2.C2H4O2/c1-8-12-13(9(2)3,10(4)5)11(6)7;11-8(12)6-5-10-4-2-1-3-7(10)9-6;6-5-3-1-2-4-7-5;1-4-2-3/h9-11H,8H2,1-7H3;1-5H,(H,11,12);1-4H,(H2,6,7);2H,1H3. The van der Waals surface area contributed by atoms with E-state index in [1.807, 2.05) is 24.3 Å². The Hall–Kier alpha value is -3.24. The third-order valence-corrected chi connectivity index (χ3v) is 11.7. The molecule has 0 unspecified atom stereocenters. The predicted molar refractivity (Wildman–Crippen MR) is 147 cm³/mol. The van der Waals surface area contributed by atoms with Gasteiger partial charge in [-0.15, -0.1) is 0 Å². The molecule has 0 aliphatic heterocycles. The Morgan fingerprint density at radius 1 is 1.08 bits per heavy atom. The molecule has 9 nitrogen and oxygen atoms in total. The Morgan fingerprint density at radius 3 is 1.94 bits per heavy atom. The van der Waals surface area contributed by atoms with E-state index in [9.17, 15) is 4.79 Å². The number of aromatic carboxylic acids is 1. The maximum absolute atomic E-state index is 10.5. The molecule has 3 heterocycles. The largest absolute Gasteiger partial charge is 0.476 e. The fourth-order valence-corrected chi connectivity index (χ4v) is 9.66. The molecular formula is C26H42N4O5Si. The lowest BCUT2D eigenvalue weighted by Gasteiger charge is -2.41. The lowest BCUT2D eigenvalue weighted by molar-refractivity contribution is -0.126. The third-order valence-electron chi connectivity index (χ3n) is 5.47. The molecule has 10 heteroatoms. The van der Waals surface area contributed by atoms with Crippen LogP contribution in [0.4, 0.5) is 5.82 Å². The van der Waals surface area contributed by atoms with Crippen molar-refractivity contribution in [3.63, 3.8) is 0 Å². The first-order valence-electron chi connectivity index (χ1n) is 11.9. The molecule has 0 saturated heterocycles. The van der Waals surface area contributed by atoms with E-state index in [0.29, 0.717) is 34.6 Å². The zero-order valence-corrected chi connectivity index (χ0v) is 23.7. The first-order valence-corrected chi connectivity index (χ1v) is 14.1. The number of nitrogens with zero attached hydrogens (tertiary/aromatic N) is 3. The smallest absolute Gasteiger partial charge is 0.356 e. The molecule has 3 aromatic heterocycles. The number of nitrogen functional groups attached to an aromatic ring is 1. The Balaban J connectivity index is 0.000000489. The number of methoxy groups -OCH3 is 1. The molecule has 3 aromatic rings. The van der Waals surface area contributed by atoms with E-state index in [1.165, 1.54) is 13.3 Å². The van der Waals surface area contributed by atoms with Gasteiger partial charge in [0.05, 0.1) is 7.11 Å². The highest BCUT2D eigenvalue weighted by molar-refractivity contribution is 6.77. The highest BCUT2D eigenvalue weighted by atomic mass is 28.4. The Bertz CT molecular complexity index is 955. The third kappa shape index (κ3) is 10.6. The summed E-state index contributed by atoms with van der Waals surface area (Å²) in [6.45, 7) is 17.3. The van der Waals surface area contributed by atoms with Crippen LogP contribution >= 0.6 is 0 Å². The quantitative estimate of drug-likeness (QED) is 0.302. The number of rotatable bonds is 7. The zero-order chi connectivity index (χ0) is 27.7. The van der Waals surface area contributed by atoms with E-state index < -0.39 is 14.3 Å². The van der Waals surface area contributed by atoms with E-state index >= 15 is 0 Å². The maximum atomic E-state index is 10.5. The van der Waals surface area contributed by atoms with Gasteiger partial charge in [-0.25, -0.2) is 14.8 Å². The van der Waals surface area contributed by atoms with Crippen LogP contribution in [-0.4, -0.2) is 54.0 Å². The Morgan fingerprint density at radius 2 is 1.64 bits per heavy atom. The van der Waals surface area contributed by atoms with Gasteiger partial charge in [-0.05, 0) is 47.8 Å². The summed E-state index contributed by atoms with van der Waals surface area (Å²) in [4.78, 5) is 27.1. The second-order valence-corrected chi connectivity index (χ2v) is 14.2. The molecule has 0 fully saturated rings. The summed E-state index contributed by atoms with van der Waals surface area (Å²) in [5, 5.41) is 8.61. The van der Waals surface area contributed by atoms with Crippen molar-refractivity contribution in [1.29, 1.82) is 0 Å². The van der Waals surface area contributed by atoms with Crippen LogP contribution in [0.1, 0.15) is 59.0 Å². The molecule has 3 rings (SSSR count). The number of ether oxygens (including phenoxy) is 1. The van der Waals surface area contributed by atoms with Crippen LogP contribution < -0.4 is 5.73 Å². The minimum Gasteiger partial charge on any atom is -0.476 e. The van der Waals surface area contributed by atoms with E-state index in [-0.39, 0.29) is 5.69 Å². The summed E-state index contributed by atoms with van der Waals surface area (Å²) in [6.07, 6.45) is 4.90. The molecule has 3 N–H and O–H groups in total. The molecule has 0 aromatic carbocycles. The number of anilines is 1. The molecular weight excluding hydrogens is 476 g/mol. The van der Waals surface area contributed by atoms with Crippen molar-refractivity contribution in [2.45, 2.75) is 65.1 Å². The SMILES string of the molecule is CCO[Si](C(C)C)(C(C)C)C(C)C.COC=O.Nc1ccccn1.O=C(O)c1cn2ccccc2n1. The molecule has 0 spiro atoms. The molecule has 0 aliphatic rings. The zero-order valence-electron chi connectivity index (χ0n) is 22.7. The molecule has 0 amide bonds. The molecule has 0 bridgehead atoms. The number of aromatic nitrogens is 3.